The Balaban J connectivity index is 2.26. The summed E-state index contributed by atoms with van der Waals surface area (Å²) in [5.74, 6) is 0.401. The number of unbranched alkanes of at least 4 members (excludes halogenated alkanes) is 2. The van der Waals surface area contributed by atoms with Gasteiger partial charge in [-0.2, -0.15) is 0 Å². The Morgan fingerprint density at radius 3 is 3.00 bits per heavy atom. The number of amides is 1. The number of anilines is 1. The molecule has 1 rings (SSSR count). The third-order valence-electron chi connectivity index (χ3n) is 2.79. The van der Waals surface area contributed by atoms with Gasteiger partial charge < -0.3 is 11.1 Å². The zero-order chi connectivity index (χ0) is 14.1. The van der Waals surface area contributed by atoms with Crippen LogP contribution in [0.3, 0.4) is 0 Å². The number of nitrogens with two attached hydrogens (primary N) is 1. The molecule has 0 radical (unpaired) electrons. The normalized spacial score (nSPS) is 12.1. The lowest BCUT2D eigenvalue weighted by atomic mass is 10.1. The van der Waals surface area contributed by atoms with Crippen molar-refractivity contribution in [2.75, 3.05) is 11.5 Å². The average Bonchev–Trinajstić information content (AvgIpc) is 2.38. The van der Waals surface area contributed by atoms with Crippen molar-refractivity contribution < 1.29 is 4.79 Å². The van der Waals surface area contributed by atoms with Crippen molar-refractivity contribution in [2.24, 2.45) is 0 Å². The maximum Gasteiger partial charge on any atom is 0.230 e. The number of hydrogen-bond acceptors (Lipinski definition) is 4. The van der Waals surface area contributed by atoms with E-state index in [2.05, 4.69) is 17.2 Å². The van der Waals surface area contributed by atoms with Gasteiger partial charge in [-0.25, -0.2) is 4.98 Å². The van der Waals surface area contributed by atoms with E-state index in [4.69, 9.17) is 5.73 Å². The SMILES string of the molecule is CCCCCC(C)NC(=O)CSc1ncccc1N. The van der Waals surface area contributed by atoms with Crippen molar-refractivity contribution in [3.8, 4) is 0 Å². The smallest absolute Gasteiger partial charge is 0.230 e. The highest BCUT2D eigenvalue weighted by Gasteiger charge is 2.09. The molecule has 19 heavy (non-hydrogen) atoms. The molecule has 0 aliphatic heterocycles. The van der Waals surface area contributed by atoms with E-state index < -0.39 is 0 Å². The third kappa shape index (κ3) is 6.47. The minimum Gasteiger partial charge on any atom is -0.397 e. The van der Waals surface area contributed by atoms with Gasteiger partial charge in [-0.1, -0.05) is 37.9 Å². The third-order valence-corrected chi connectivity index (χ3v) is 3.81. The molecule has 0 fully saturated rings. The molecule has 1 aromatic rings. The van der Waals surface area contributed by atoms with Crippen LogP contribution in [-0.4, -0.2) is 22.7 Å². The summed E-state index contributed by atoms with van der Waals surface area (Å²) in [5, 5.41) is 3.72. The first-order chi connectivity index (χ1) is 9.13. The lowest BCUT2D eigenvalue weighted by Gasteiger charge is -2.13. The van der Waals surface area contributed by atoms with Gasteiger partial charge in [0.05, 0.1) is 11.4 Å². The predicted octanol–water partition coefficient (Wildman–Crippen LogP) is 2.84. The Kier molecular flexibility index (Phi) is 7.33. The molecule has 3 N–H and O–H groups in total. The fraction of sp³-hybridized carbons (Fsp3) is 0.571. The molecule has 1 atom stereocenters. The van der Waals surface area contributed by atoms with Gasteiger partial charge >= 0.3 is 0 Å². The molecular weight excluding hydrogens is 258 g/mol. The molecule has 1 unspecified atom stereocenters. The summed E-state index contributed by atoms with van der Waals surface area (Å²) >= 11 is 1.38. The lowest BCUT2D eigenvalue weighted by molar-refractivity contribution is -0.119. The van der Waals surface area contributed by atoms with E-state index in [9.17, 15) is 4.79 Å². The molecular formula is C14H23N3OS. The van der Waals surface area contributed by atoms with Crippen LogP contribution < -0.4 is 11.1 Å². The van der Waals surface area contributed by atoms with Gasteiger partial charge in [-0.05, 0) is 25.5 Å². The molecule has 0 saturated carbocycles. The monoisotopic (exact) mass is 281 g/mol. The first-order valence-corrected chi connectivity index (χ1v) is 7.74. The van der Waals surface area contributed by atoms with Crippen molar-refractivity contribution in [3.63, 3.8) is 0 Å². The summed E-state index contributed by atoms with van der Waals surface area (Å²) in [5.41, 5.74) is 6.40. The van der Waals surface area contributed by atoms with Crippen LogP contribution in [0.15, 0.2) is 23.4 Å². The van der Waals surface area contributed by atoms with Crippen LogP contribution in [0.2, 0.25) is 0 Å². The Labute approximate surface area is 119 Å². The largest absolute Gasteiger partial charge is 0.397 e. The lowest BCUT2D eigenvalue weighted by Crippen LogP contribution is -2.33. The van der Waals surface area contributed by atoms with Gasteiger partial charge in [0.15, 0.2) is 0 Å². The minimum atomic E-state index is 0.0408. The topological polar surface area (TPSA) is 68.0 Å². The molecule has 0 spiro atoms. The molecule has 4 nitrogen and oxygen atoms in total. The molecule has 1 heterocycles. The molecule has 1 amide bonds. The van der Waals surface area contributed by atoms with Crippen LogP contribution in [0.25, 0.3) is 0 Å². The highest BCUT2D eigenvalue weighted by Crippen LogP contribution is 2.21. The number of nitrogens with one attached hydrogen (secondary N) is 1. The van der Waals surface area contributed by atoms with Gasteiger partial charge in [0.25, 0.3) is 0 Å². The number of nitrogens with zero attached hydrogens (tertiary/aromatic N) is 1. The summed E-state index contributed by atoms with van der Waals surface area (Å²) in [7, 11) is 0. The Morgan fingerprint density at radius 2 is 2.32 bits per heavy atom. The number of nitrogen functional groups attached to an aromatic ring is 1. The van der Waals surface area contributed by atoms with Crippen molar-refractivity contribution in [1.29, 1.82) is 0 Å². The summed E-state index contributed by atoms with van der Waals surface area (Å²) in [6.07, 6.45) is 6.31. The Morgan fingerprint density at radius 1 is 1.53 bits per heavy atom. The van der Waals surface area contributed by atoms with Crippen LogP contribution in [0, 0.1) is 0 Å². The van der Waals surface area contributed by atoms with Gasteiger partial charge in [-0.3, -0.25) is 4.79 Å². The van der Waals surface area contributed by atoms with E-state index in [1.54, 1.807) is 18.3 Å². The van der Waals surface area contributed by atoms with Gasteiger partial charge in [0.2, 0.25) is 5.91 Å². The number of rotatable bonds is 8. The minimum absolute atomic E-state index is 0.0408. The molecule has 5 heteroatoms. The maximum atomic E-state index is 11.8. The molecule has 1 aromatic heterocycles. The number of pyridine rings is 1. The maximum absolute atomic E-state index is 11.8. The van der Waals surface area contributed by atoms with Crippen molar-refractivity contribution in [3.05, 3.63) is 18.3 Å². The van der Waals surface area contributed by atoms with E-state index in [-0.39, 0.29) is 11.9 Å². The van der Waals surface area contributed by atoms with Gasteiger partial charge in [-0.15, -0.1) is 0 Å². The van der Waals surface area contributed by atoms with Gasteiger partial charge in [0, 0.05) is 12.2 Å². The molecule has 0 aromatic carbocycles. The quantitative estimate of drug-likeness (QED) is 0.568. The first kappa shape index (κ1) is 15.8. The molecule has 0 aliphatic rings. The molecule has 0 saturated heterocycles. The highest BCUT2D eigenvalue weighted by atomic mass is 32.2. The fourth-order valence-corrected chi connectivity index (χ4v) is 2.47. The predicted molar refractivity (Wildman–Crippen MR) is 81.1 cm³/mol. The van der Waals surface area contributed by atoms with E-state index in [1.165, 1.54) is 24.6 Å². The second kappa shape index (κ2) is 8.80. The summed E-state index contributed by atoms with van der Waals surface area (Å²) in [6, 6.07) is 3.82. The standard InChI is InChI=1S/C14H23N3OS/c1-3-4-5-7-11(2)17-13(18)10-19-14-12(15)8-6-9-16-14/h6,8-9,11H,3-5,7,10,15H2,1-2H3,(H,17,18). The van der Waals surface area contributed by atoms with E-state index in [0.29, 0.717) is 11.4 Å². The number of hydrogen-bond donors (Lipinski definition) is 2. The highest BCUT2D eigenvalue weighted by molar-refractivity contribution is 8.00. The Hall–Kier alpha value is -1.23. The van der Waals surface area contributed by atoms with E-state index >= 15 is 0 Å². The molecule has 0 aliphatic carbocycles. The fourth-order valence-electron chi connectivity index (χ4n) is 1.75. The van der Waals surface area contributed by atoms with Gasteiger partial charge in [0.1, 0.15) is 5.03 Å². The van der Waals surface area contributed by atoms with Crippen LogP contribution in [0.5, 0.6) is 0 Å². The summed E-state index contributed by atoms with van der Waals surface area (Å²) in [6.45, 7) is 4.23. The summed E-state index contributed by atoms with van der Waals surface area (Å²) < 4.78 is 0. The van der Waals surface area contributed by atoms with E-state index in [0.717, 1.165) is 17.9 Å². The van der Waals surface area contributed by atoms with Crippen LogP contribution in [0.4, 0.5) is 5.69 Å². The molecule has 0 bridgehead atoms. The summed E-state index contributed by atoms with van der Waals surface area (Å²) in [4.78, 5) is 15.9. The average molecular weight is 281 g/mol. The van der Waals surface area contributed by atoms with Crippen molar-refractivity contribution >= 4 is 23.4 Å². The second-order valence-electron chi connectivity index (χ2n) is 4.65. The number of thioether (sulfide) groups is 1. The second-order valence-corrected chi connectivity index (χ2v) is 5.61. The number of aromatic nitrogens is 1. The number of carbonyl (C=O) groups is 1. The van der Waals surface area contributed by atoms with Crippen molar-refractivity contribution in [2.45, 2.75) is 50.6 Å². The Bertz CT molecular complexity index is 398. The zero-order valence-corrected chi connectivity index (χ0v) is 12.5. The van der Waals surface area contributed by atoms with Crippen LogP contribution >= 0.6 is 11.8 Å². The van der Waals surface area contributed by atoms with Crippen LogP contribution in [-0.2, 0) is 4.79 Å². The van der Waals surface area contributed by atoms with Crippen LogP contribution in [0.1, 0.15) is 39.5 Å². The molecule has 106 valence electrons. The van der Waals surface area contributed by atoms with E-state index in [1.807, 2.05) is 6.92 Å². The number of carbonyl (C=O) groups excluding carboxylic acids is 1. The zero-order valence-electron chi connectivity index (χ0n) is 11.7. The first-order valence-electron chi connectivity index (χ1n) is 6.76. The van der Waals surface area contributed by atoms with Crippen molar-refractivity contribution in [1.82, 2.24) is 10.3 Å².